The highest BCUT2D eigenvalue weighted by atomic mass is 16.5. The second-order valence-electron chi connectivity index (χ2n) is 4.86. The van der Waals surface area contributed by atoms with Gasteiger partial charge in [-0.05, 0) is 25.3 Å². The molecular weight excluding hydrogens is 244 g/mol. The van der Waals surface area contributed by atoms with Crippen molar-refractivity contribution in [2.45, 2.75) is 32.1 Å². The molecule has 0 spiro atoms. The highest BCUT2D eigenvalue weighted by Crippen LogP contribution is 2.33. The Morgan fingerprint density at radius 1 is 1.47 bits per heavy atom. The predicted octanol–water partition coefficient (Wildman–Crippen LogP) is 1.45. The van der Waals surface area contributed by atoms with Crippen molar-refractivity contribution in [3.63, 3.8) is 0 Å². The topological polar surface area (TPSA) is 72.2 Å². The summed E-state index contributed by atoms with van der Waals surface area (Å²) < 4.78 is 7.87. The molecule has 0 amide bonds. The second kappa shape index (κ2) is 4.79. The van der Waals surface area contributed by atoms with Crippen molar-refractivity contribution in [2.24, 2.45) is 0 Å². The maximum absolute atomic E-state index is 9.16. The Kier molecular flexibility index (Phi) is 3.12. The molecule has 6 heteroatoms. The Morgan fingerprint density at radius 2 is 2.32 bits per heavy atom. The first kappa shape index (κ1) is 12.4. The monoisotopic (exact) mass is 262 g/mol. The van der Waals surface area contributed by atoms with Gasteiger partial charge in [0, 0.05) is 13.2 Å². The first-order valence-electron chi connectivity index (χ1n) is 6.50. The third-order valence-corrected chi connectivity index (χ3v) is 3.63. The number of aliphatic hydroxyl groups excluding tert-OH is 1. The highest BCUT2D eigenvalue weighted by Gasteiger charge is 2.27. The number of rotatable bonds is 3. The minimum atomic E-state index is -0.0617. The van der Waals surface area contributed by atoms with Crippen LogP contribution in [0.1, 0.15) is 24.6 Å². The van der Waals surface area contributed by atoms with Gasteiger partial charge in [0.25, 0.3) is 0 Å². The van der Waals surface area contributed by atoms with E-state index >= 15 is 0 Å². The maximum Gasteiger partial charge on any atom is 0.147 e. The molecule has 1 fully saturated rings. The van der Waals surface area contributed by atoms with E-state index in [0.29, 0.717) is 0 Å². The standard InChI is InChI=1S/C13H18N4O2/c1-8-5-17(10-4-3-9(6-18)19-10)13-11(8)12(14-2)15-7-16-13/h5,7,9-10,18H,3-4,6H2,1-2H3,(H,14,15,16). The van der Waals surface area contributed by atoms with Crippen molar-refractivity contribution in [1.82, 2.24) is 14.5 Å². The van der Waals surface area contributed by atoms with Gasteiger partial charge in [0.2, 0.25) is 0 Å². The van der Waals surface area contributed by atoms with Crippen molar-refractivity contribution in [1.29, 1.82) is 0 Å². The van der Waals surface area contributed by atoms with Gasteiger partial charge in [-0.3, -0.25) is 0 Å². The summed E-state index contributed by atoms with van der Waals surface area (Å²) >= 11 is 0. The van der Waals surface area contributed by atoms with Crippen molar-refractivity contribution in [2.75, 3.05) is 19.0 Å². The summed E-state index contributed by atoms with van der Waals surface area (Å²) in [4.78, 5) is 8.62. The number of hydrogen-bond donors (Lipinski definition) is 2. The lowest BCUT2D eigenvalue weighted by Crippen LogP contribution is -2.14. The summed E-state index contributed by atoms with van der Waals surface area (Å²) in [6.45, 7) is 2.12. The number of fused-ring (bicyclic) bond motifs is 1. The molecule has 102 valence electrons. The molecule has 3 rings (SSSR count). The largest absolute Gasteiger partial charge is 0.394 e. The average molecular weight is 262 g/mol. The van der Waals surface area contributed by atoms with E-state index in [1.807, 2.05) is 24.7 Å². The molecule has 0 saturated carbocycles. The smallest absolute Gasteiger partial charge is 0.147 e. The molecule has 2 atom stereocenters. The second-order valence-corrected chi connectivity index (χ2v) is 4.86. The van der Waals surface area contributed by atoms with Crippen molar-refractivity contribution in [3.8, 4) is 0 Å². The molecule has 2 aromatic heterocycles. The quantitative estimate of drug-likeness (QED) is 0.876. The number of aliphatic hydroxyl groups is 1. The van der Waals surface area contributed by atoms with Crippen LogP contribution in [-0.2, 0) is 4.74 Å². The van der Waals surface area contributed by atoms with Crippen LogP contribution in [0.2, 0.25) is 0 Å². The van der Waals surface area contributed by atoms with E-state index in [1.54, 1.807) is 6.33 Å². The lowest BCUT2D eigenvalue weighted by Gasteiger charge is -2.14. The van der Waals surface area contributed by atoms with E-state index in [4.69, 9.17) is 9.84 Å². The van der Waals surface area contributed by atoms with Crippen molar-refractivity contribution < 1.29 is 9.84 Å². The third kappa shape index (κ3) is 1.97. The molecular formula is C13H18N4O2. The van der Waals surface area contributed by atoms with Gasteiger partial charge in [-0.15, -0.1) is 0 Å². The molecule has 1 aliphatic rings. The van der Waals surface area contributed by atoms with Crippen LogP contribution in [0.3, 0.4) is 0 Å². The van der Waals surface area contributed by atoms with Crippen LogP contribution in [-0.4, -0.2) is 39.4 Å². The van der Waals surface area contributed by atoms with E-state index in [2.05, 4.69) is 15.3 Å². The van der Waals surface area contributed by atoms with Crippen LogP contribution < -0.4 is 5.32 Å². The zero-order valence-corrected chi connectivity index (χ0v) is 11.1. The number of hydrogen-bond acceptors (Lipinski definition) is 5. The summed E-state index contributed by atoms with van der Waals surface area (Å²) in [5.74, 6) is 0.831. The normalized spacial score (nSPS) is 23.1. The molecule has 0 aliphatic carbocycles. The van der Waals surface area contributed by atoms with Gasteiger partial charge in [0.1, 0.15) is 24.0 Å². The Balaban J connectivity index is 2.06. The van der Waals surface area contributed by atoms with E-state index in [0.717, 1.165) is 35.3 Å². The van der Waals surface area contributed by atoms with E-state index in [9.17, 15) is 0 Å². The zero-order valence-electron chi connectivity index (χ0n) is 11.1. The van der Waals surface area contributed by atoms with Gasteiger partial charge in [0.05, 0.1) is 18.1 Å². The van der Waals surface area contributed by atoms with Crippen LogP contribution in [0, 0.1) is 6.92 Å². The molecule has 0 bridgehead atoms. The molecule has 19 heavy (non-hydrogen) atoms. The third-order valence-electron chi connectivity index (χ3n) is 3.63. The van der Waals surface area contributed by atoms with Gasteiger partial charge in [-0.2, -0.15) is 0 Å². The van der Waals surface area contributed by atoms with Crippen molar-refractivity contribution >= 4 is 16.9 Å². The Hall–Kier alpha value is -1.66. The van der Waals surface area contributed by atoms with Crippen molar-refractivity contribution in [3.05, 3.63) is 18.1 Å². The number of nitrogens with one attached hydrogen (secondary N) is 1. The summed E-state index contributed by atoms with van der Waals surface area (Å²) in [6.07, 6.45) is 5.27. The summed E-state index contributed by atoms with van der Waals surface area (Å²) in [6, 6.07) is 0. The van der Waals surface area contributed by atoms with E-state index in [-0.39, 0.29) is 18.9 Å². The molecule has 2 aromatic rings. The molecule has 6 nitrogen and oxygen atoms in total. The number of nitrogens with zero attached hydrogens (tertiary/aromatic N) is 3. The Labute approximate surface area is 111 Å². The maximum atomic E-state index is 9.16. The molecule has 3 heterocycles. The van der Waals surface area contributed by atoms with Gasteiger partial charge in [-0.25, -0.2) is 9.97 Å². The van der Waals surface area contributed by atoms with Gasteiger partial charge < -0.3 is 19.7 Å². The lowest BCUT2D eigenvalue weighted by molar-refractivity contribution is -0.0205. The molecule has 1 aliphatic heterocycles. The summed E-state index contributed by atoms with van der Waals surface area (Å²) in [5, 5.41) is 13.3. The summed E-state index contributed by atoms with van der Waals surface area (Å²) in [7, 11) is 1.85. The van der Waals surface area contributed by atoms with Crippen LogP contribution in [0.4, 0.5) is 5.82 Å². The van der Waals surface area contributed by atoms with Gasteiger partial charge in [-0.1, -0.05) is 0 Å². The number of anilines is 1. The van der Waals surface area contributed by atoms with Gasteiger partial charge in [0.15, 0.2) is 0 Å². The van der Waals surface area contributed by atoms with Crippen LogP contribution in [0.25, 0.3) is 11.0 Å². The fourth-order valence-electron chi connectivity index (χ4n) is 2.70. The van der Waals surface area contributed by atoms with Gasteiger partial charge >= 0.3 is 0 Å². The molecule has 0 aromatic carbocycles. The first-order valence-corrected chi connectivity index (χ1v) is 6.50. The molecule has 2 unspecified atom stereocenters. The van der Waals surface area contributed by atoms with E-state index in [1.165, 1.54) is 0 Å². The lowest BCUT2D eigenvalue weighted by atomic mass is 10.2. The Morgan fingerprint density at radius 3 is 3.00 bits per heavy atom. The zero-order chi connectivity index (χ0) is 13.4. The highest BCUT2D eigenvalue weighted by molar-refractivity contribution is 5.90. The van der Waals surface area contributed by atoms with E-state index < -0.39 is 0 Å². The predicted molar refractivity (Wildman–Crippen MR) is 72.0 cm³/mol. The number of aromatic nitrogens is 3. The first-order chi connectivity index (χ1) is 9.24. The van der Waals surface area contributed by atoms with Crippen LogP contribution in [0.15, 0.2) is 12.5 Å². The SMILES string of the molecule is CNc1ncnc2c1c(C)cn2C1CCC(CO)O1. The fourth-order valence-corrected chi connectivity index (χ4v) is 2.70. The number of aryl methyl sites for hydroxylation is 1. The molecule has 0 radical (unpaired) electrons. The molecule has 1 saturated heterocycles. The minimum absolute atomic E-state index is 0.0482. The fraction of sp³-hybridized carbons (Fsp3) is 0.538. The van der Waals surface area contributed by atoms with Crippen LogP contribution in [0.5, 0.6) is 0 Å². The number of ether oxygens (including phenoxy) is 1. The Bertz CT molecular complexity index is 596. The van der Waals surface area contributed by atoms with Crippen LogP contribution >= 0.6 is 0 Å². The minimum Gasteiger partial charge on any atom is -0.394 e. The molecule has 2 N–H and O–H groups in total. The summed E-state index contributed by atoms with van der Waals surface area (Å²) in [5.41, 5.74) is 2.00. The average Bonchev–Trinajstić information content (AvgIpc) is 3.03.